The summed E-state index contributed by atoms with van der Waals surface area (Å²) in [6.07, 6.45) is 1.48. The Morgan fingerprint density at radius 2 is 1.59 bits per heavy atom. The smallest absolute Gasteiger partial charge is 0.243 e. The largest absolute Gasteiger partial charge is 0.354 e. The van der Waals surface area contributed by atoms with E-state index in [1.807, 2.05) is 44.2 Å². The summed E-state index contributed by atoms with van der Waals surface area (Å²) >= 11 is 5.96. The van der Waals surface area contributed by atoms with Crippen molar-refractivity contribution in [3.05, 3.63) is 101 Å². The third-order valence-electron chi connectivity index (χ3n) is 6.52. The Bertz CT molecular complexity index is 1400. The van der Waals surface area contributed by atoms with Crippen LogP contribution in [0.3, 0.4) is 0 Å². The standard InChI is InChI=1S/C31H37ClFN3O4S/c1-23(2)21-34-31(38)29(20-24-10-5-4-6-11-24)35(22-25-12-7-8-13-28(25)33)30(37)14-9-19-36(41(3,39)40)27-17-15-26(32)16-18-27/h4-8,10-13,15-18,23,29H,9,14,19-22H2,1-3H3,(H,34,38). The summed E-state index contributed by atoms with van der Waals surface area (Å²) in [4.78, 5) is 28.7. The van der Waals surface area contributed by atoms with E-state index in [1.54, 1.807) is 42.5 Å². The van der Waals surface area contributed by atoms with Gasteiger partial charge < -0.3 is 10.2 Å². The first-order valence-corrected chi connectivity index (χ1v) is 15.8. The van der Waals surface area contributed by atoms with Crippen LogP contribution in [0.5, 0.6) is 0 Å². The van der Waals surface area contributed by atoms with Crippen molar-refractivity contribution in [3.63, 3.8) is 0 Å². The average molecular weight is 602 g/mol. The Morgan fingerprint density at radius 3 is 2.20 bits per heavy atom. The van der Waals surface area contributed by atoms with E-state index in [4.69, 9.17) is 11.6 Å². The summed E-state index contributed by atoms with van der Waals surface area (Å²) in [5.41, 5.74) is 1.58. The summed E-state index contributed by atoms with van der Waals surface area (Å²) in [7, 11) is -3.64. The summed E-state index contributed by atoms with van der Waals surface area (Å²) in [6, 6.07) is 21.0. The zero-order valence-corrected chi connectivity index (χ0v) is 25.2. The zero-order valence-electron chi connectivity index (χ0n) is 23.6. The van der Waals surface area contributed by atoms with Gasteiger partial charge in [-0.1, -0.05) is 74.0 Å². The van der Waals surface area contributed by atoms with Gasteiger partial charge in [-0.3, -0.25) is 13.9 Å². The summed E-state index contributed by atoms with van der Waals surface area (Å²) in [5.74, 6) is -0.983. The maximum absolute atomic E-state index is 14.7. The van der Waals surface area contributed by atoms with Gasteiger partial charge >= 0.3 is 0 Å². The fourth-order valence-corrected chi connectivity index (χ4v) is 5.49. The van der Waals surface area contributed by atoms with E-state index < -0.39 is 21.9 Å². The Kier molecular flexibility index (Phi) is 11.7. The molecule has 0 spiro atoms. The number of carbonyl (C=O) groups excluding carboxylic acids is 2. The number of hydrogen-bond acceptors (Lipinski definition) is 4. The van der Waals surface area contributed by atoms with Crippen molar-refractivity contribution in [3.8, 4) is 0 Å². The van der Waals surface area contributed by atoms with Gasteiger partial charge in [-0.05, 0) is 48.2 Å². The molecule has 3 rings (SSSR count). The number of nitrogens with zero attached hydrogens (tertiary/aromatic N) is 2. The van der Waals surface area contributed by atoms with Crippen molar-refractivity contribution < 1.29 is 22.4 Å². The van der Waals surface area contributed by atoms with Gasteiger partial charge in [0.1, 0.15) is 11.9 Å². The Morgan fingerprint density at radius 1 is 0.951 bits per heavy atom. The SMILES string of the molecule is CC(C)CNC(=O)C(Cc1ccccc1)N(Cc1ccccc1F)C(=O)CCCN(c1ccc(Cl)cc1)S(C)(=O)=O. The summed E-state index contributed by atoms with van der Waals surface area (Å²) < 4.78 is 41.0. The topological polar surface area (TPSA) is 86.8 Å². The van der Waals surface area contributed by atoms with E-state index in [0.717, 1.165) is 11.8 Å². The highest BCUT2D eigenvalue weighted by molar-refractivity contribution is 7.92. The molecule has 0 saturated heterocycles. The molecule has 41 heavy (non-hydrogen) atoms. The highest BCUT2D eigenvalue weighted by atomic mass is 35.5. The van der Waals surface area contributed by atoms with Crippen LogP contribution in [-0.4, -0.2) is 50.5 Å². The van der Waals surface area contributed by atoms with Crippen molar-refractivity contribution >= 4 is 39.1 Å². The summed E-state index contributed by atoms with van der Waals surface area (Å²) in [5, 5.41) is 3.41. The predicted molar refractivity (Wildman–Crippen MR) is 162 cm³/mol. The minimum atomic E-state index is -3.64. The van der Waals surface area contributed by atoms with Gasteiger partial charge in [0, 0.05) is 43.1 Å². The molecule has 0 aliphatic rings. The molecule has 1 unspecified atom stereocenters. The number of halogens is 2. The fourth-order valence-electron chi connectivity index (χ4n) is 4.40. The first-order chi connectivity index (χ1) is 19.5. The maximum Gasteiger partial charge on any atom is 0.243 e. The third-order valence-corrected chi connectivity index (χ3v) is 7.97. The molecule has 1 atom stereocenters. The van der Waals surface area contributed by atoms with Gasteiger partial charge in [0.15, 0.2) is 0 Å². The number of anilines is 1. The van der Waals surface area contributed by atoms with Gasteiger partial charge in [-0.15, -0.1) is 0 Å². The van der Waals surface area contributed by atoms with Crippen molar-refractivity contribution in [1.29, 1.82) is 0 Å². The van der Waals surface area contributed by atoms with E-state index in [0.29, 0.717) is 17.3 Å². The van der Waals surface area contributed by atoms with E-state index in [-0.39, 0.29) is 55.6 Å². The lowest BCUT2D eigenvalue weighted by molar-refractivity contribution is -0.141. The second-order valence-electron chi connectivity index (χ2n) is 10.4. The van der Waals surface area contributed by atoms with E-state index in [9.17, 15) is 22.4 Å². The lowest BCUT2D eigenvalue weighted by Gasteiger charge is -2.32. The van der Waals surface area contributed by atoms with Crippen molar-refractivity contribution in [2.75, 3.05) is 23.7 Å². The lowest BCUT2D eigenvalue weighted by Crippen LogP contribution is -2.51. The quantitative estimate of drug-likeness (QED) is 0.267. The van der Waals surface area contributed by atoms with Crippen molar-refractivity contribution in [2.24, 2.45) is 5.92 Å². The van der Waals surface area contributed by atoms with Crippen LogP contribution in [0, 0.1) is 11.7 Å². The van der Waals surface area contributed by atoms with E-state index in [1.165, 1.54) is 15.3 Å². The van der Waals surface area contributed by atoms with Gasteiger partial charge in [0.25, 0.3) is 0 Å². The van der Waals surface area contributed by atoms with Gasteiger partial charge in [-0.2, -0.15) is 0 Å². The third kappa shape index (κ3) is 9.86. The number of sulfonamides is 1. The maximum atomic E-state index is 14.7. The minimum absolute atomic E-state index is 0.0443. The number of nitrogens with one attached hydrogen (secondary N) is 1. The van der Waals surface area contributed by atoms with Crippen molar-refractivity contribution in [1.82, 2.24) is 10.2 Å². The molecule has 0 aliphatic carbocycles. The molecule has 7 nitrogen and oxygen atoms in total. The molecule has 3 aromatic rings. The number of rotatable bonds is 14. The first kappa shape index (κ1) is 32.1. The number of hydrogen-bond donors (Lipinski definition) is 1. The molecule has 220 valence electrons. The fraction of sp³-hybridized carbons (Fsp3) is 0.355. The Balaban J connectivity index is 1.88. The average Bonchev–Trinajstić information content (AvgIpc) is 2.93. The zero-order chi connectivity index (χ0) is 30.0. The van der Waals surface area contributed by atoms with Crippen LogP contribution in [0.4, 0.5) is 10.1 Å². The van der Waals surface area contributed by atoms with Gasteiger partial charge in [0.05, 0.1) is 11.9 Å². The molecule has 0 radical (unpaired) electrons. The number of amides is 2. The second-order valence-corrected chi connectivity index (χ2v) is 12.7. The van der Waals surface area contributed by atoms with E-state index in [2.05, 4.69) is 5.32 Å². The van der Waals surface area contributed by atoms with Crippen molar-refractivity contribution in [2.45, 2.75) is 45.7 Å². The Hall–Kier alpha value is -3.43. The number of benzene rings is 3. The van der Waals surface area contributed by atoms with Crippen LogP contribution >= 0.6 is 11.6 Å². The minimum Gasteiger partial charge on any atom is -0.354 e. The predicted octanol–water partition coefficient (Wildman–Crippen LogP) is 5.44. The van der Waals surface area contributed by atoms with Gasteiger partial charge in [0.2, 0.25) is 21.8 Å². The molecule has 2 amide bonds. The molecule has 0 saturated carbocycles. The van der Waals surface area contributed by atoms with Gasteiger partial charge in [-0.25, -0.2) is 12.8 Å². The number of carbonyl (C=O) groups is 2. The van der Waals surface area contributed by atoms with Crippen LogP contribution in [0.15, 0.2) is 78.9 Å². The molecule has 0 aromatic heterocycles. The van der Waals surface area contributed by atoms with Crippen LogP contribution < -0.4 is 9.62 Å². The molecule has 3 aromatic carbocycles. The lowest BCUT2D eigenvalue weighted by atomic mass is 10.0. The molecule has 0 bridgehead atoms. The monoisotopic (exact) mass is 601 g/mol. The first-order valence-electron chi connectivity index (χ1n) is 13.5. The highest BCUT2D eigenvalue weighted by Crippen LogP contribution is 2.22. The Labute approximate surface area is 247 Å². The highest BCUT2D eigenvalue weighted by Gasteiger charge is 2.31. The molecule has 0 heterocycles. The molecular formula is C31H37ClFN3O4S. The van der Waals surface area contributed by atoms with Crippen LogP contribution in [0.2, 0.25) is 5.02 Å². The molecule has 10 heteroatoms. The molecular weight excluding hydrogens is 565 g/mol. The van der Waals surface area contributed by atoms with Crippen LogP contribution in [-0.2, 0) is 32.6 Å². The van der Waals surface area contributed by atoms with Crippen LogP contribution in [0.1, 0.15) is 37.8 Å². The molecule has 0 aliphatic heterocycles. The normalized spacial score (nSPS) is 12.1. The van der Waals surface area contributed by atoms with Crippen LogP contribution in [0.25, 0.3) is 0 Å². The second kappa shape index (κ2) is 15.0. The molecule has 0 fully saturated rings. The van der Waals surface area contributed by atoms with E-state index >= 15 is 0 Å². The summed E-state index contributed by atoms with van der Waals surface area (Å²) in [6.45, 7) is 4.32. The molecule has 1 N–H and O–H groups in total.